The van der Waals surface area contributed by atoms with E-state index in [1.807, 2.05) is 11.7 Å². The van der Waals surface area contributed by atoms with Gasteiger partial charge >= 0.3 is 0 Å². The molecule has 15 heavy (non-hydrogen) atoms. The Bertz CT molecular complexity index is 331. The molecule has 0 N–H and O–H groups in total. The van der Waals surface area contributed by atoms with Crippen molar-refractivity contribution >= 4 is 31.9 Å². The first-order chi connectivity index (χ1) is 7.09. The van der Waals surface area contributed by atoms with Crippen molar-refractivity contribution in [2.75, 3.05) is 0 Å². The number of hydrogen-bond donors (Lipinski definition) is 0. The third-order valence-corrected chi connectivity index (χ3v) is 4.71. The van der Waals surface area contributed by atoms with Crippen LogP contribution in [0, 0.1) is 5.92 Å². The molecule has 1 aliphatic carbocycles. The minimum Gasteiger partial charge on any atom is -0.251 e. The molecule has 3 atom stereocenters. The van der Waals surface area contributed by atoms with Gasteiger partial charge in [0, 0.05) is 17.8 Å². The molecule has 1 aromatic heterocycles. The second kappa shape index (κ2) is 4.53. The monoisotopic (exact) mass is 335 g/mol. The van der Waals surface area contributed by atoms with Crippen LogP contribution < -0.4 is 0 Å². The van der Waals surface area contributed by atoms with Crippen molar-refractivity contribution in [1.82, 2.24) is 15.0 Å². The summed E-state index contributed by atoms with van der Waals surface area (Å²) < 4.78 is 2.81. The van der Waals surface area contributed by atoms with Gasteiger partial charge in [0.15, 0.2) is 4.60 Å². The number of halogens is 2. The summed E-state index contributed by atoms with van der Waals surface area (Å²) in [5.41, 5.74) is 1.24. The zero-order chi connectivity index (χ0) is 11.0. The molecule has 5 heteroatoms. The van der Waals surface area contributed by atoms with Crippen LogP contribution >= 0.6 is 31.9 Å². The van der Waals surface area contributed by atoms with Crippen LogP contribution in [0.1, 0.15) is 37.8 Å². The van der Waals surface area contributed by atoms with E-state index >= 15 is 0 Å². The molecule has 3 unspecified atom stereocenters. The average molecular weight is 337 g/mol. The van der Waals surface area contributed by atoms with E-state index in [-0.39, 0.29) is 0 Å². The molecule has 0 amide bonds. The molecule has 0 aliphatic heterocycles. The molecule has 0 bridgehead atoms. The van der Waals surface area contributed by atoms with Crippen molar-refractivity contribution in [2.24, 2.45) is 13.0 Å². The standard InChI is InChI=1S/C10H15Br2N3/c1-6-3-4-7(11)5-8(6)9-10(12)13-14-15(9)2/h6-8H,3-5H2,1-2H3. The topological polar surface area (TPSA) is 30.7 Å². The lowest BCUT2D eigenvalue weighted by atomic mass is 9.79. The Hall–Kier alpha value is 0.1000. The molecule has 1 saturated carbocycles. The van der Waals surface area contributed by atoms with Gasteiger partial charge in [-0.25, -0.2) is 0 Å². The Kier molecular flexibility index (Phi) is 3.50. The van der Waals surface area contributed by atoms with Crippen molar-refractivity contribution < 1.29 is 0 Å². The first-order valence-corrected chi connectivity index (χ1v) is 6.99. The third kappa shape index (κ3) is 2.28. The Labute approximate surface area is 107 Å². The molecule has 2 rings (SSSR count). The summed E-state index contributed by atoms with van der Waals surface area (Å²) in [6, 6.07) is 0. The molecule has 0 saturated heterocycles. The molecule has 0 aromatic carbocycles. The number of nitrogens with zero attached hydrogens (tertiary/aromatic N) is 3. The summed E-state index contributed by atoms with van der Waals surface area (Å²) in [6.07, 6.45) is 3.74. The summed E-state index contributed by atoms with van der Waals surface area (Å²) in [4.78, 5) is 0.639. The predicted molar refractivity (Wildman–Crippen MR) is 67.2 cm³/mol. The quantitative estimate of drug-likeness (QED) is 0.737. The van der Waals surface area contributed by atoms with E-state index in [1.165, 1.54) is 25.0 Å². The van der Waals surface area contributed by atoms with Gasteiger partial charge in [-0.1, -0.05) is 28.1 Å². The van der Waals surface area contributed by atoms with E-state index in [1.54, 1.807) is 0 Å². The summed E-state index contributed by atoms with van der Waals surface area (Å²) in [7, 11) is 1.97. The average Bonchev–Trinajstić information content (AvgIpc) is 2.51. The van der Waals surface area contributed by atoms with Crippen LogP contribution in [0.3, 0.4) is 0 Å². The van der Waals surface area contributed by atoms with Gasteiger partial charge < -0.3 is 0 Å². The van der Waals surface area contributed by atoms with Gasteiger partial charge in [0.1, 0.15) is 0 Å². The number of hydrogen-bond acceptors (Lipinski definition) is 2. The lowest BCUT2D eigenvalue weighted by molar-refractivity contribution is 0.326. The van der Waals surface area contributed by atoms with E-state index in [0.29, 0.717) is 16.7 Å². The maximum atomic E-state index is 4.07. The number of rotatable bonds is 1. The van der Waals surface area contributed by atoms with Crippen LogP contribution in [0.5, 0.6) is 0 Å². The van der Waals surface area contributed by atoms with Crippen LogP contribution in [-0.4, -0.2) is 19.8 Å². The van der Waals surface area contributed by atoms with Gasteiger partial charge in [0.05, 0.1) is 5.69 Å². The highest BCUT2D eigenvalue weighted by Crippen LogP contribution is 2.41. The Balaban J connectivity index is 2.28. The summed E-state index contributed by atoms with van der Waals surface area (Å²) in [6.45, 7) is 2.32. The van der Waals surface area contributed by atoms with Crippen molar-refractivity contribution in [3.8, 4) is 0 Å². The van der Waals surface area contributed by atoms with E-state index in [9.17, 15) is 0 Å². The minimum absolute atomic E-state index is 0.567. The third-order valence-electron chi connectivity index (χ3n) is 3.31. The van der Waals surface area contributed by atoms with Gasteiger partial charge in [-0.15, -0.1) is 5.10 Å². The molecule has 3 nitrogen and oxygen atoms in total. The minimum atomic E-state index is 0.567. The summed E-state index contributed by atoms with van der Waals surface area (Å²) in [5.74, 6) is 1.28. The van der Waals surface area contributed by atoms with Gasteiger partial charge in [-0.3, -0.25) is 4.68 Å². The molecule has 1 fully saturated rings. The highest BCUT2D eigenvalue weighted by Gasteiger charge is 2.31. The van der Waals surface area contributed by atoms with Crippen LogP contribution in [0.4, 0.5) is 0 Å². The van der Waals surface area contributed by atoms with Crippen LogP contribution in [-0.2, 0) is 7.05 Å². The van der Waals surface area contributed by atoms with Gasteiger partial charge in [0.25, 0.3) is 0 Å². The molecule has 84 valence electrons. The highest BCUT2D eigenvalue weighted by atomic mass is 79.9. The largest absolute Gasteiger partial charge is 0.251 e. The maximum Gasteiger partial charge on any atom is 0.151 e. The highest BCUT2D eigenvalue weighted by molar-refractivity contribution is 9.10. The van der Waals surface area contributed by atoms with Crippen molar-refractivity contribution in [2.45, 2.75) is 36.9 Å². The smallest absolute Gasteiger partial charge is 0.151 e. The Morgan fingerprint density at radius 1 is 1.40 bits per heavy atom. The molecular weight excluding hydrogens is 322 g/mol. The van der Waals surface area contributed by atoms with Gasteiger partial charge in [-0.2, -0.15) is 0 Å². The molecule has 1 aromatic rings. The lowest BCUT2D eigenvalue weighted by Crippen LogP contribution is -2.23. The van der Waals surface area contributed by atoms with E-state index < -0.39 is 0 Å². The van der Waals surface area contributed by atoms with Crippen molar-refractivity contribution in [3.63, 3.8) is 0 Å². The fourth-order valence-corrected chi connectivity index (χ4v) is 3.67. The molecule has 1 aliphatic rings. The summed E-state index contributed by atoms with van der Waals surface area (Å²) in [5, 5.41) is 8.12. The van der Waals surface area contributed by atoms with Crippen LogP contribution in [0.25, 0.3) is 0 Å². The predicted octanol–water partition coefficient (Wildman–Crippen LogP) is 3.24. The fraction of sp³-hybridized carbons (Fsp3) is 0.800. The zero-order valence-corrected chi connectivity index (χ0v) is 12.1. The Morgan fingerprint density at radius 2 is 2.13 bits per heavy atom. The second-order valence-electron chi connectivity index (χ2n) is 4.38. The van der Waals surface area contributed by atoms with Crippen LogP contribution in [0.2, 0.25) is 0 Å². The van der Waals surface area contributed by atoms with Gasteiger partial charge in [0.2, 0.25) is 0 Å². The SMILES string of the molecule is CC1CCC(Br)CC1c1c(Br)nnn1C. The van der Waals surface area contributed by atoms with Crippen LogP contribution in [0.15, 0.2) is 4.60 Å². The number of alkyl halides is 1. The molecule has 1 heterocycles. The number of aryl methyl sites for hydroxylation is 1. The molecule has 0 radical (unpaired) electrons. The first kappa shape index (κ1) is 11.6. The molecular formula is C10H15Br2N3. The Morgan fingerprint density at radius 3 is 2.73 bits per heavy atom. The number of aromatic nitrogens is 3. The second-order valence-corrected chi connectivity index (χ2v) is 6.43. The van der Waals surface area contributed by atoms with Crippen molar-refractivity contribution in [1.29, 1.82) is 0 Å². The normalized spacial score (nSPS) is 31.9. The van der Waals surface area contributed by atoms with E-state index in [0.717, 1.165) is 4.60 Å². The first-order valence-electron chi connectivity index (χ1n) is 5.28. The molecule has 0 spiro atoms. The lowest BCUT2D eigenvalue weighted by Gasteiger charge is -2.31. The van der Waals surface area contributed by atoms with E-state index in [4.69, 9.17) is 0 Å². The van der Waals surface area contributed by atoms with Gasteiger partial charge in [-0.05, 0) is 41.1 Å². The zero-order valence-electron chi connectivity index (χ0n) is 8.95. The summed E-state index contributed by atoms with van der Waals surface area (Å²) >= 11 is 7.22. The maximum absolute atomic E-state index is 4.07. The van der Waals surface area contributed by atoms with Crippen molar-refractivity contribution in [3.05, 3.63) is 10.3 Å². The van der Waals surface area contributed by atoms with E-state index in [2.05, 4.69) is 49.1 Å². The fourth-order valence-electron chi connectivity index (χ4n) is 2.38.